The first-order chi connectivity index (χ1) is 8.20. The van der Waals surface area contributed by atoms with Crippen LogP contribution in [0.4, 0.5) is 0 Å². The van der Waals surface area contributed by atoms with E-state index in [1.807, 2.05) is 12.1 Å². The molecule has 3 nitrogen and oxygen atoms in total. The predicted molar refractivity (Wildman–Crippen MR) is 69.6 cm³/mol. The third-order valence-corrected chi connectivity index (χ3v) is 3.34. The summed E-state index contributed by atoms with van der Waals surface area (Å²) in [6.07, 6.45) is 5.51. The number of rotatable bonds is 5. The summed E-state index contributed by atoms with van der Waals surface area (Å²) in [5.41, 5.74) is 0.952. The van der Waals surface area contributed by atoms with Crippen LogP contribution in [0.25, 0.3) is 0 Å². The molecule has 1 aliphatic rings. The molecule has 2 heterocycles. The summed E-state index contributed by atoms with van der Waals surface area (Å²) >= 11 is 5.99. The van der Waals surface area contributed by atoms with Gasteiger partial charge in [-0.3, -0.25) is 0 Å². The molecule has 1 unspecified atom stereocenters. The molecule has 0 aliphatic carbocycles. The van der Waals surface area contributed by atoms with Crippen molar-refractivity contribution in [2.24, 2.45) is 0 Å². The summed E-state index contributed by atoms with van der Waals surface area (Å²) in [6.45, 7) is 6.85. The smallest absolute Gasteiger partial charge is 0.138 e. The van der Waals surface area contributed by atoms with E-state index in [1.54, 1.807) is 6.20 Å². The Kier molecular flexibility index (Phi) is 4.02. The lowest BCUT2D eigenvalue weighted by Crippen LogP contribution is -2.51. The third-order valence-electron chi connectivity index (χ3n) is 3.00. The Hall–Kier alpha value is -1.06. The number of nitrogens with zero attached hydrogens (tertiary/aromatic N) is 1. The van der Waals surface area contributed by atoms with Gasteiger partial charge < -0.3 is 10.1 Å². The fourth-order valence-electron chi connectivity index (χ4n) is 1.84. The highest BCUT2D eigenvalue weighted by Crippen LogP contribution is 2.22. The number of hydrogen-bond donors (Lipinski definition) is 1. The second kappa shape index (κ2) is 5.52. The highest BCUT2D eigenvalue weighted by Gasteiger charge is 2.24. The first-order valence-electron chi connectivity index (χ1n) is 5.86. The molecule has 0 aromatic carbocycles. The second-order valence-electron chi connectivity index (χ2n) is 4.29. The zero-order chi connectivity index (χ0) is 12.3. The number of hydrogen-bond acceptors (Lipinski definition) is 3. The van der Waals surface area contributed by atoms with Gasteiger partial charge in [-0.15, -0.1) is 6.58 Å². The molecule has 0 saturated carbocycles. The van der Waals surface area contributed by atoms with E-state index in [0.29, 0.717) is 17.6 Å². The van der Waals surface area contributed by atoms with Crippen LogP contribution in [0, 0.1) is 0 Å². The fourth-order valence-corrected chi connectivity index (χ4v) is 2.02. The number of allylic oxidation sites excluding steroid dienone is 1. The Labute approximate surface area is 107 Å². The van der Waals surface area contributed by atoms with Crippen molar-refractivity contribution in [1.29, 1.82) is 0 Å². The van der Waals surface area contributed by atoms with Crippen molar-refractivity contribution in [2.45, 2.75) is 31.9 Å². The fraction of sp³-hybridized carbons (Fsp3) is 0.462. The molecule has 1 fully saturated rings. The van der Waals surface area contributed by atoms with Crippen LogP contribution >= 0.6 is 11.6 Å². The highest BCUT2D eigenvalue weighted by molar-refractivity contribution is 6.30. The molecular formula is C13H17ClN2O. The van der Waals surface area contributed by atoms with Crippen molar-refractivity contribution in [3.8, 4) is 5.75 Å². The molecule has 1 aromatic rings. The number of halogens is 1. The van der Waals surface area contributed by atoms with Crippen molar-refractivity contribution < 1.29 is 4.74 Å². The van der Waals surface area contributed by atoms with Crippen LogP contribution in [-0.4, -0.2) is 23.7 Å². The van der Waals surface area contributed by atoms with Gasteiger partial charge in [0.05, 0.1) is 6.20 Å². The average Bonchev–Trinajstić information content (AvgIpc) is 2.20. The lowest BCUT2D eigenvalue weighted by atomic mass is 10.0. The molecule has 92 valence electrons. The van der Waals surface area contributed by atoms with Gasteiger partial charge in [0.2, 0.25) is 0 Å². The molecule has 1 aromatic heterocycles. The molecule has 0 amide bonds. The summed E-state index contributed by atoms with van der Waals surface area (Å²) in [6, 6.07) is 2.39. The van der Waals surface area contributed by atoms with Crippen molar-refractivity contribution in [3.05, 3.63) is 35.6 Å². The van der Waals surface area contributed by atoms with Gasteiger partial charge in [0.15, 0.2) is 0 Å². The van der Waals surface area contributed by atoms with Gasteiger partial charge in [-0.25, -0.2) is 4.98 Å². The molecule has 2 atom stereocenters. The van der Waals surface area contributed by atoms with Crippen LogP contribution in [0.1, 0.15) is 18.9 Å². The van der Waals surface area contributed by atoms with E-state index >= 15 is 0 Å². The Morgan fingerprint density at radius 2 is 2.53 bits per heavy atom. The monoisotopic (exact) mass is 252 g/mol. The summed E-state index contributed by atoms with van der Waals surface area (Å²) in [7, 11) is 0. The van der Waals surface area contributed by atoms with Gasteiger partial charge >= 0.3 is 0 Å². The van der Waals surface area contributed by atoms with Crippen LogP contribution in [0.15, 0.2) is 24.9 Å². The summed E-state index contributed by atoms with van der Waals surface area (Å²) in [5, 5.41) is 3.85. The van der Waals surface area contributed by atoms with E-state index in [0.717, 1.165) is 17.9 Å². The highest BCUT2D eigenvalue weighted by atomic mass is 35.5. The lowest BCUT2D eigenvalue weighted by Gasteiger charge is -2.33. The van der Waals surface area contributed by atoms with Crippen molar-refractivity contribution in [2.75, 3.05) is 6.54 Å². The normalized spacial score (nSPS) is 20.5. The number of nitrogens with one attached hydrogen (secondary N) is 1. The van der Waals surface area contributed by atoms with Gasteiger partial charge in [-0.1, -0.05) is 17.7 Å². The van der Waals surface area contributed by atoms with Crippen LogP contribution in [0.2, 0.25) is 5.15 Å². The largest absolute Gasteiger partial charge is 0.487 e. The van der Waals surface area contributed by atoms with Gasteiger partial charge in [0.25, 0.3) is 0 Å². The van der Waals surface area contributed by atoms with E-state index in [-0.39, 0.29) is 6.10 Å². The molecule has 2 rings (SSSR count). The maximum atomic E-state index is 5.99. The lowest BCUT2D eigenvalue weighted by molar-refractivity contribution is 0.133. The summed E-state index contributed by atoms with van der Waals surface area (Å²) in [4.78, 5) is 4.13. The second-order valence-corrected chi connectivity index (χ2v) is 4.64. The average molecular weight is 253 g/mol. The minimum atomic E-state index is 0.156. The topological polar surface area (TPSA) is 34.1 Å². The Balaban J connectivity index is 2.04. The van der Waals surface area contributed by atoms with E-state index in [1.165, 1.54) is 6.42 Å². The molecule has 0 bridgehead atoms. The maximum Gasteiger partial charge on any atom is 0.138 e. The number of aromatic nitrogens is 1. The molecular weight excluding hydrogens is 236 g/mol. The van der Waals surface area contributed by atoms with Gasteiger partial charge in [-0.05, 0) is 37.9 Å². The van der Waals surface area contributed by atoms with Gasteiger partial charge in [0.1, 0.15) is 17.0 Å². The van der Waals surface area contributed by atoms with Crippen LogP contribution in [-0.2, 0) is 6.42 Å². The SMILES string of the molecule is C=CCc1cc(OC(C)[C@@H]2CCN2)cnc1Cl. The zero-order valence-corrected chi connectivity index (χ0v) is 10.7. The van der Waals surface area contributed by atoms with Crippen molar-refractivity contribution >= 4 is 11.6 Å². The first kappa shape index (κ1) is 12.4. The van der Waals surface area contributed by atoms with E-state index in [9.17, 15) is 0 Å². The molecule has 0 spiro atoms. The molecule has 1 aliphatic heterocycles. The Bertz CT molecular complexity index is 404. The van der Waals surface area contributed by atoms with E-state index in [2.05, 4.69) is 23.8 Å². The first-order valence-corrected chi connectivity index (χ1v) is 6.24. The molecule has 0 radical (unpaired) electrons. The summed E-state index contributed by atoms with van der Waals surface area (Å²) in [5.74, 6) is 0.771. The standard InChI is InChI=1S/C13H17ClN2O/c1-3-4-10-7-11(8-16-13(10)14)17-9(2)12-5-6-15-12/h3,7-9,12,15H,1,4-6H2,2H3/t9?,12-/m0/s1. The Morgan fingerprint density at radius 3 is 3.12 bits per heavy atom. The number of ether oxygens (including phenoxy) is 1. The minimum absolute atomic E-state index is 0.156. The maximum absolute atomic E-state index is 5.99. The quantitative estimate of drug-likeness (QED) is 0.646. The van der Waals surface area contributed by atoms with Crippen LogP contribution in [0.5, 0.6) is 5.75 Å². The number of pyridine rings is 1. The van der Waals surface area contributed by atoms with Gasteiger partial charge in [-0.2, -0.15) is 0 Å². The third kappa shape index (κ3) is 2.99. The molecule has 1 saturated heterocycles. The minimum Gasteiger partial charge on any atom is -0.487 e. The summed E-state index contributed by atoms with van der Waals surface area (Å²) < 4.78 is 5.84. The Morgan fingerprint density at radius 1 is 1.76 bits per heavy atom. The molecule has 4 heteroatoms. The zero-order valence-electron chi connectivity index (χ0n) is 9.95. The predicted octanol–water partition coefficient (Wildman–Crippen LogP) is 2.59. The van der Waals surface area contributed by atoms with Crippen molar-refractivity contribution in [1.82, 2.24) is 10.3 Å². The van der Waals surface area contributed by atoms with Crippen LogP contribution in [0.3, 0.4) is 0 Å². The van der Waals surface area contributed by atoms with Crippen molar-refractivity contribution in [3.63, 3.8) is 0 Å². The van der Waals surface area contributed by atoms with Crippen LogP contribution < -0.4 is 10.1 Å². The van der Waals surface area contributed by atoms with E-state index < -0.39 is 0 Å². The van der Waals surface area contributed by atoms with E-state index in [4.69, 9.17) is 16.3 Å². The molecule has 17 heavy (non-hydrogen) atoms. The molecule has 1 N–H and O–H groups in total. The van der Waals surface area contributed by atoms with Gasteiger partial charge in [0, 0.05) is 6.04 Å².